The molecule has 1 rings (SSSR count). The zero-order chi connectivity index (χ0) is 11.9. The number of nitrogens with zero attached hydrogens (tertiary/aromatic N) is 1. The Morgan fingerprint density at radius 2 is 1.60 bits per heavy atom. The van der Waals surface area contributed by atoms with Crippen molar-refractivity contribution in [1.29, 1.82) is 0 Å². The molecule has 0 aromatic carbocycles. The van der Waals surface area contributed by atoms with Crippen LogP contribution in [0.1, 0.15) is 0 Å². The predicted molar refractivity (Wildman–Crippen MR) is 53.5 cm³/mol. The summed E-state index contributed by atoms with van der Waals surface area (Å²) < 4.78 is 56.5. The van der Waals surface area contributed by atoms with Crippen LogP contribution in [0.5, 0.6) is 0 Å². The lowest BCUT2D eigenvalue weighted by atomic mass is 10.7. The van der Waals surface area contributed by atoms with Gasteiger partial charge in [0.05, 0.1) is 0 Å². The maximum Gasteiger partial charge on any atom is 0.341 e. The lowest BCUT2D eigenvalue weighted by molar-refractivity contribution is 0.523. The van der Waals surface area contributed by atoms with Crippen molar-refractivity contribution in [2.45, 2.75) is 8.42 Å². The fraction of sp³-hybridized carbons (Fsp3) is 0.333. The molecule has 0 radical (unpaired) electrons. The molecule has 15 heavy (non-hydrogen) atoms. The molecule has 9 heteroatoms. The van der Waals surface area contributed by atoms with E-state index < -0.39 is 24.5 Å². The zero-order valence-corrected chi connectivity index (χ0v) is 10.3. The van der Waals surface area contributed by atoms with Crippen LogP contribution < -0.4 is 0 Å². The first-order valence-electron chi connectivity index (χ1n) is 3.63. The van der Waals surface area contributed by atoms with Crippen molar-refractivity contribution in [3.63, 3.8) is 0 Å². The molecule has 0 aliphatic carbocycles. The van der Waals surface area contributed by atoms with Crippen LogP contribution >= 0.6 is 11.3 Å². The second-order valence-electron chi connectivity index (χ2n) is 2.80. The van der Waals surface area contributed by atoms with E-state index in [1.807, 2.05) is 0 Å². The fourth-order valence-corrected chi connectivity index (χ4v) is 4.02. The Morgan fingerprint density at radius 3 is 1.93 bits per heavy atom. The van der Waals surface area contributed by atoms with E-state index in [0.29, 0.717) is 11.3 Å². The summed E-state index contributed by atoms with van der Waals surface area (Å²) in [5, 5.41) is 0. The maximum atomic E-state index is 12.5. The van der Waals surface area contributed by atoms with Gasteiger partial charge >= 0.3 is 10.2 Å². The molecule has 0 atom stereocenters. The summed E-state index contributed by atoms with van der Waals surface area (Å²) in [5.41, 5.74) is 0. The molecular weight excluding hydrogens is 265 g/mol. The minimum Gasteiger partial charge on any atom is -0.206 e. The van der Waals surface area contributed by atoms with Gasteiger partial charge in [-0.15, -0.1) is 11.3 Å². The van der Waals surface area contributed by atoms with Crippen molar-refractivity contribution < 1.29 is 20.7 Å². The molecule has 0 aliphatic heterocycles. The average molecular weight is 273 g/mol. The third kappa shape index (κ3) is 2.54. The molecule has 0 saturated carbocycles. The van der Waals surface area contributed by atoms with Crippen LogP contribution in [0.4, 0.5) is 3.89 Å². The van der Waals surface area contributed by atoms with E-state index in [4.69, 9.17) is 0 Å². The molecule has 1 heterocycles. The second-order valence-corrected chi connectivity index (χ2v) is 7.84. The van der Waals surface area contributed by atoms with Gasteiger partial charge in [0.15, 0.2) is 4.21 Å². The predicted octanol–water partition coefficient (Wildman–Crippen LogP) is 0.657. The van der Waals surface area contributed by atoms with Crippen molar-refractivity contribution in [2.24, 2.45) is 0 Å². The third-order valence-electron chi connectivity index (χ3n) is 1.53. The molecule has 5 nitrogen and oxygen atoms in total. The van der Waals surface area contributed by atoms with Gasteiger partial charge in [-0.1, -0.05) is 3.89 Å². The van der Waals surface area contributed by atoms with E-state index in [2.05, 4.69) is 0 Å². The van der Waals surface area contributed by atoms with Gasteiger partial charge in [-0.05, 0) is 12.1 Å². The van der Waals surface area contributed by atoms with Gasteiger partial charge in [-0.2, -0.15) is 8.42 Å². The van der Waals surface area contributed by atoms with Gasteiger partial charge in [0.25, 0.3) is 10.0 Å². The summed E-state index contributed by atoms with van der Waals surface area (Å²) in [7, 11) is -5.92. The Morgan fingerprint density at radius 1 is 1.13 bits per heavy atom. The molecular formula is C6H8FNO4S3. The lowest BCUT2D eigenvalue weighted by Crippen LogP contribution is -2.21. The number of halogens is 1. The Bertz CT molecular complexity index is 557. The Labute approximate surface area is 91.4 Å². The first-order chi connectivity index (χ1) is 6.65. The number of thiophene rings is 1. The normalized spacial score (nSPS) is 13.3. The molecule has 1 aromatic rings. The van der Waals surface area contributed by atoms with Crippen LogP contribution in [0.15, 0.2) is 20.6 Å². The van der Waals surface area contributed by atoms with E-state index in [-0.39, 0.29) is 4.21 Å². The topological polar surface area (TPSA) is 71.5 Å². The minimum absolute atomic E-state index is 0.205. The summed E-state index contributed by atoms with van der Waals surface area (Å²) in [6.45, 7) is 0. The summed E-state index contributed by atoms with van der Waals surface area (Å²) in [5.74, 6) is 0. The minimum atomic E-state index is -4.83. The maximum absolute atomic E-state index is 12.5. The van der Waals surface area contributed by atoms with Crippen molar-refractivity contribution in [2.75, 3.05) is 14.1 Å². The van der Waals surface area contributed by atoms with Crippen LogP contribution in [0.3, 0.4) is 0 Å². The second kappa shape index (κ2) is 3.81. The molecule has 86 valence electrons. The fourth-order valence-electron chi connectivity index (χ4n) is 0.753. The molecule has 0 N–H and O–H groups in total. The van der Waals surface area contributed by atoms with E-state index in [1.54, 1.807) is 0 Å². The van der Waals surface area contributed by atoms with Gasteiger partial charge in [0, 0.05) is 14.1 Å². The molecule has 0 saturated heterocycles. The summed E-state index contributed by atoms with van der Waals surface area (Å²) in [6, 6.07) is 1.99. The van der Waals surface area contributed by atoms with Gasteiger partial charge in [0.1, 0.15) is 4.21 Å². The van der Waals surface area contributed by atoms with Crippen LogP contribution in [-0.2, 0) is 20.2 Å². The monoisotopic (exact) mass is 273 g/mol. The average Bonchev–Trinajstić information content (AvgIpc) is 2.50. The van der Waals surface area contributed by atoms with Crippen molar-refractivity contribution in [1.82, 2.24) is 4.31 Å². The highest BCUT2D eigenvalue weighted by Crippen LogP contribution is 2.27. The van der Waals surface area contributed by atoms with Crippen molar-refractivity contribution in [3.05, 3.63) is 12.1 Å². The standard InChI is InChI=1S/C6H8FNO4S3/c1-8(2)15(11,12)6-4-3-5(13-6)14(7,9)10/h3-4H,1-2H3. The number of hydrogen-bond acceptors (Lipinski definition) is 5. The summed E-state index contributed by atoms with van der Waals surface area (Å²) >= 11 is 0.382. The highest BCUT2D eigenvalue weighted by atomic mass is 32.3. The SMILES string of the molecule is CN(C)S(=O)(=O)c1ccc(S(=O)(=O)F)s1. The molecule has 1 aromatic heterocycles. The van der Waals surface area contributed by atoms with Gasteiger partial charge < -0.3 is 0 Å². The van der Waals surface area contributed by atoms with Gasteiger partial charge in [-0.25, -0.2) is 12.7 Å². The van der Waals surface area contributed by atoms with Crippen molar-refractivity contribution in [3.8, 4) is 0 Å². The molecule has 0 fully saturated rings. The molecule has 0 amide bonds. The third-order valence-corrected chi connectivity index (χ3v) is 6.16. The van der Waals surface area contributed by atoms with E-state index in [9.17, 15) is 20.7 Å². The first-order valence-corrected chi connectivity index (χ1v) is 7.27. The first kappa shape index (κ1) is 12.6. The number of rotatable bonds is 3. The largest absolute Gasteiger partial charge is 0.341 e. The van der Waals surface area contributed by atoms with Crippen molar-refractivity contribution >= 4 is 31.6 Å². The highest BCUT2D eigenvalue weighted by Gasteiger charge is 2.23. The molecule has 0 aliphatic rings. The quantitative estimate of drug-likeness (QED) is 0.758. The van der Waals surface area contributed by atoms with Gasteiger partial charge in [0.2, 0.25) is 0 Å². The Balaban J connectivity index is 3.28. The Kier molecular flexibility index (Phi) is 3.19. The van der Waals surface area contributed by atoms with Crippen LogP contribution in [0, 0.1) is 0 Å². The lowest BCUT2D eigenvalue weighted by Gasteiger charge is -2.07. The molecule has 0 unspecified atom stereocenters. The van der Waals surface area contributed by atoms with Crippen LogP contribution in [0.2, 0.25) is 0 Å². The highest BCUT2D eigenvalue weighted by molar-refractivity contribution is 7.92. The van der Waals surface area contributed by atoms with E-state index in [1.165, 1.54) is 14.1 Å². The number of sulfonamides is 1. The number of hydrogen-bond donors (Lipinski definition) is 0. The van der Waals surface area contributed by atoms with Crippen LogP contribution in [0.25, 0.3) is 0 Å². The summed E-state index contributed by atoms with van der Waals surface area (Å²) in [6.07, 6.45) is 0. The zero-order valence-electron chi connectivity index (χ0n) is 7.84. The Hall–Kier alpha value is -0.510. The molecule has 0 bridgehead atoms. The van der Waals surface area contributed by atoms with Gasteiger partial charge in [-0.3, -0.25) is 0 Å². The smallest absolute Gasteiger partial charge is 0.206 e. The molecule has 0 spiro atoms. The van der Waals surface area contributed by atoms with E-state index >= 15 is 0 Å². The summed E-state index contributed by atoms with van der Waals surface area (Å²) in [4.78, 5) is 0. The van der Waals surface area contributed by atoms with E-state index in [0.717, 1.165) is 16.4 Å². The van der Waals surface area contributed by atoms with Crippen LogP contribution in [-0.4, -0.2) is 35.2 Å².